The first-order chi connectivity index (χ1) is 6.45. The lowest BCUT2D eigenvalue weighted by molar-refractivity contribution is 0.0542. The van der Waals surface area contributed by atoms with E-state index in [0.717, 1.165) is 26.1 Å². The zero-order chi connectivity index (χ0) is 8.93. The van der Waals surface area contributed by atoms with Crippen molar-refractivity contribution in [3.63, 3.8) is 0 Å². The van der Waals surface area contributed by atoms with Crippen LogP contribution in [0.1, 0.15) is 12.0 Å². The van der Waals surface area contributed by atoms with E-state index in [0.29, 0.717) is 6.10 Å². The number of ether oxygens (including phenoxy) is 1. The Morgan fingerprint density at radius 1 is 1.29 bits per heavy atom. The van der Waals surface area contributed by atoms with Crippen LogP contribution in [0.5, 0.6) is 0 Å². The summed E-state index contributed by atoms with van der Waals surface area (Å²) in [5.41, 5.74) is 1.26. The molecule has 1 aliphatic heterocycles. The van der Waals surface area contributed by atoms with Crippen molar-refractivity contribution in [1.82, 2.24) is 5.32 Å². The van der Waals surface area contributed by atoms with Crippen LogP contribution < -0.4 is 5.32 Å². The van der Waals surface area contributed by atoms with Gasteiger partial charge in [-0.05, 0) is 18.5 Å². The molecule has 1 aromatic carbocycles. The van der Waals surface area contributed by atoms with E-state index in [1.54, 1.807) is 0 Å². The zero-order valence-electron chi connectivity index (χ0n) is 8.11. The van der Waals surface area contributed by atoms with Crippen molar-refractivity contribution in [3.8, 4) is 0 Å². The molecule has 0 spiro atoms. The molecule has 1 aromatic rings. The monoisotopic (exact) mass is 213 g/mol. The second-order valence-electron chi connectivity index (χ2n) is 3.41. The highest BCUT2D eigenvalue weighted by Gasteiger charge is 2.13. The number of halogens is 1. The topological polar surface area (TPSA) is 21.3 Å². The summed E-state index contributed by atoms with van der Waals surface area (Å²) in [6.07, 6.45) is 1.56. The molecule has 2 rings (SSSR count). The molecule has 14 heavy (non-hydrogen) atoms. The van der Waals surface area contributed by atoms with Crippen molar-refractivity contribution in [3.05, 3.63) is 35.9 Å². The zero-order valence-corrected chi connectivity index (χ0v) is 8.93. The molecule has 0 bridgehead atoms. The molecule has 1 N–H and O–H groups in total. The average molecular weight is 214 g/mol. The van der Waals surface area contributed by atoms with Gasteiger partial charge < -0.3 is 10.1 Å². The first-order valence-corrected chi connectivity index (χ1v) is 4.81. The van der Waals surface area contributed by atoms with Crippen LogP contribution in [0.3, 0.4) is 0 Å². The first kappa shape index (κ1) is 11.5. The van der Waals surface area contributed by atoms with Gasteiger partial charge in [-0.15, -0.1) is 12.4 Å². The Hall–Kier alpha value is -0.570. The molecule has 1 fully saturated rings. The summed E-state index contributed by atoms with van der Waals surface area (Å²) in [6, 6.07) is 10.3. The molecule has 0 aliphatic carbocycles. The third kappa shape index (κ3) is 3.29. The van der Waals surface area contributed by atoms with Crippen LogP contribution in [0.4, 0.5) is 0 Å². The van der Waals surface area contributed by atoms with E-state index >= 15 is 0 Å². The Morgan fingerprint density at radius 2 is 2.07 bits per heavy atom. The number of hydrogen-bond donors (Lipinski definition) is 1. The summed E-state index contributed by atoms with van der Waals surface area (Å²) in [6.45, 7) is 2.85. The maximum Gasteiger partial charge on any atom is 0.0721 e. The van der Waals surface area contributed by atoms with Crippen molar-refractivity contribution >= 4 is 12.4 Å². The minimum absolute atomic E-state index is 0. The van der Waals surface area contributed by atoms with Crippen molar-refractivity contribution < 1.29 is 4.74 Å². The predicted molar refractivity (Wildman–Crippen MR) is 59.8 cm³/mol. The molecular formula is C11H16ClNO. The molecule has 0 saturated carbocycles. The van der Waals surface area contributed by atoms with Crippen molar-refractivity contribution in [1.29, 1.82) is 0 Å². The second kappa shape index (κ2) is 6.02. The highest BCUT2D eigenvalue weighted by Crippen LogP contribution is 2.07. The van der Waals surface area contributed by atoms with E-state index < -0.39 is 0 Å². The van der Waals surface area contributed by atoms with Gasteiger partial charge in [-0.25, -0.2) is 0 Å². The normalized spacial score (nSPS) is 20.4. The average Bonchev–Trinajstić information content (AvgIpc) is 2.69. The summed E-state index contributed by atoms with van der Waals surface area (Å²) in [5, 5.41) is 3.28. The fraction of sp³-hybridized carbons (Fsp3) is 0.455. The van der Waals surface area contributed by atoms with Crippen molar-refractivity contribution in [2.75, 3.05) is 13.1 Å². The molecule has 1 aliphatic rings. The van der Waals surface area contributed by atoms with Gasteiger partial charge in [-0.1, -0.05) is 30.3 Å². The van der Waals surface area contributed by atoms with Gasteiger partial charge in [0.2, 0.25) is 0 Å². The number of benzene rings is 1. The molecule has 3 heteroatoms. The summed E-state index contributed by atoms with van der Waals surface area (Å²) in [7, 11) is 0. The largest absolute Gasteiger partial charge is 0.372 e. The standard InChI is InChI=1S/C11H15NO.ClH/c1-2-4-10(5-3-1)9-13-11-6-7-12-8-11;/h1-5,11-12H,6-9H2;1H/t11-;/m1./s1. The van der Waals surface area contributed by atoms with Gasteiger partial charge in [0.05, 0.1) is 12.7 Å². The molecule has 0 aromatic heterocycles. The van der Waals surface area contributed by atoms with E-state index in [1.807, 2.05) is 18.2 Å². The van der Waals surface area contributed by atoms with Gasteiger partial charge >= 0.3 is 0 Å². The molecule has 1 heterocycles. The Morgan fingerprint density at radius 3 is 2.71 bits per heavy atom. The molecule has 1 saturated heterocycles. The van der Waals surface area contributed by atoms with Crippen LogP contribution in [0.25, 0.3) is 0 Å². The third-order valence-corrected chi connectivity index (χ3v) is 2.34. The highest BCUT2D eigenvalue weighted by atomic mass is 35.5. The Balaban J connectivity index is 0.000000980. The molecule has 0 amide bonds. The van der Waals surface area contributed by atoms with E-state index in [1.165, 1.54) is 5.56 Å². The Labute approximate surface area is 91.1 Å². The van der Waals surface area contributed by atoms with Gasteiger partial charge in [0.1, 0.15) is 0 Å². The van der Waals surface area contributed by atoms with Gasteiger partial charge in [0, 0.05) is 6.54 Å². The Kier molecular flexibility index (Phi) is 4.94. The van der Waals surface area contributed by atoms with Crippen LogP contribution in [0.15, 0.2) is 30.3 Å². The predicted octanol–water partition coefficient (Wildman–Crippen LogP) is 1.99. The van der Waals surface area contributed by atoms with Gasteiger partial charge in [0.25, 0.3) is 0 Å². The second-order valence-corrected chi connectivity index (χ2v) is 3.41. The smallest absolute Gasteiger partial charge is 0.0721 e. The SMILES string of the molecule is Cl.c1ccc(CO[C@@H]2CCNC2)cc1. The molecular weight excluding hydrogens is 198 g/mol. The molecule has 78 valence electrons. The lowest BCUT2D eigenvalue weighted by Gasteiger charge is -2.09. The van der Waals surface area contributed by atoms with E-state index in [-0.39, 0.29) is 12.4 Å². The van der Waals surface area contributed by atoms with Crippen LogP contribution in [-0.2, 0) is 11.3 Å². The highest BCUT2D eigenvalue weighted by molar-refractivity contribution is 5.85. The molecule has 1 atom stereocenters. The van der Waals surface area contributed by atoms with Crippen LogP contribution in [0.2, 0.25) is 0 Å². The van der Waals surface area contributed by atoms with Crippen LogP contribution >= 0.6 is 12.4 Å². The minimum atomic E-state index is 0. The summed E-state index contributed by atoms with van der Waals surface area (Å²) < 4.78 is 5.73. The summed E-state index contributed by atoms with van der Waals surface area (Å²) >= 11 is 0. The van der Waals surface area contributed by atoms with E-state index in [9.17, 15) is 0 Å². The maximum absolute atomic E-state index is 5.73. The number of rotatable bonds is 3. The quantitative estimate of drug-likeness (QED) is 0.829. The number of hydrogen-bond acceptors (Lipinski definition) is 2. The van der Waals surface area contributed by atoms with Crippen molar-refractivity contribution in [2.45, 2.75) is 19.1 Å². The van der Waals surface area contributed by atoms with Gasteiger partial charge in [-0.3, -0.25) is 0 Å². The third-order valence-electron chi connectivity index (χ3n) is 2.34. The summed E-state index contributed by atoms with van der Waals surface area (Å²) in [4.78, 5) is 0. The molecule has 0 radical (unpaired) electrons. The summed E-state index contributed by atoms with van der Waals surface area (Å²) in [5.74, 6) is 0. The van der Waals surface area contributed by atoms with E-state index in [4.69, 9.17) is 4.74 Å². The maximum atomic E-state index is 5.73. The van der Waals surface area contributed by atoms with Crippen molar-refractivity contribution in [2.24, 2.45) is 0 Å². The van der Waals surface area contributed by atoms with E-state index in [2.05, 4.69) is 17.4 Å². The Bertz CT molecular complexity index is 247. The van der Waals surface area contributed by atoms with Crippen LogP contribution in [-0.4, -0.2) is 19.2 Å². The molecule has 2 nitrogen and oxygen atoms in total. The van der Waals surface area contributed by atoms with Crippen LogP contribution in [0, 0.1) is 0 Å². The lowest BCUT2D eigenvalue weighted by atomic mass is 10.2. The first-order valence-electron chi connectivity index (χ1n) is 4.81. The fourth-order valence-electron chi connectivity index (χ4n) is 1.56. The van der Waals surface area contributed by atoms with Gasteiger partial charge in [-0.2, -0.15) is 0 Å². The van der Waals surface area contributed by atoms with Gasteiger partial charge in [0.15, 0.2) is 0 Å². The lowest BCUT2D eigenvalue weighted by Crippen LogP contribution is -2.16. The minimum Gasteiger partial charge on any atom is -0.372 e. The number of nitrogens with one attached hydrogen (secondary N) is 1. The molecule has 0 unspecified atom stereocenters. The fourth-order valence-corrected chi connectivity index (χ4v) is 1.56.